The number of nitrogens with two attached hydrogens (primary N) is 2. The smallest absolute Gasteiger partial charge is 0.251 e. The van der Waals surface area contributed by atoms with Gasteiger partial charge in [-0.3, -0.25) is 15.0 Å². The summed E-state index contributed by atoms with van der Waals surface area (Å²) in [4.78, 5) is 32.2. The second-order valence-corrected chi connectivity index (χ2v) is 10.4. The number of aromatic nitrogens is 2. The monoisotopic (exact) mass is 560 g/mol. The number of phenolic OH excluding ortho intramolecular Hbond substituents is 2. The maximum atomic E-state index is 12.4. The first kappa shape index (κ1) is 29.1. The Labute approximate surface area is 235 Å². The van der Waals surface area contributed by atoms with Crippen LogP contribution in [-0.4, -0.2) is 60.3 Å². The van der Waals surface area contributed by atoms with Gasteiger partial charge in [-0.2, -0.15) is 0 Å². The molecule has 12 heteroatoms. The van der Waals surface area contributed by atoms with Crippen LogP contribution >= 0.6 is 0 Å². The molecule has 41 heavy (non-hydrogen) atoms. The number of primary amides is 1. The summed E-state index contributed by atoms with van der Waals surface area (Å²) in [7, 11) is 0. The lowest BCUT2D eigenvalue weighted by Crippen LogP contribution is -2.40. The molecule has 1 aromatic heterocycles. The summed E-state index contributed by atoms with van der Waals surface area (Å²) in [6, 6.07) is 12.6. The number of H-pyrrole nitrogens is 1. The van der Waals surface area contributed by atoms with Gasteiger partial charge in [0, 0.05) is 23.2 Å². The van der Waals surface area contributed by atoms with Crippen molar-refractivity contribution in [2.75, 3.05) is 0 Å². The van der Waals surface area contributed by atoms with Gasteiger partial charge in [0.05, 0.1) is 28.1 Å². The highest BCUT2D eigenvalue weighted by molar-refractivity contribution is 5.98. The van der Waals surface area contributed by atoms with E-state index in [2.05, 4.69) is 15.3 Å². The van der Waals surface area contributed by atoms with Crippen LogP contribution in [0.1, 0.15) is 37.5 Å². The second kappa shape index (κ2) is 10.9. The van der Waals surface area contributed by atoms with Crippen molar-refractivity contribution in [2.24, 2.45) is 11.5 Å². The Morgan fingerprint density at radius 2 is 1.71 bits per heavy atom. The number of phenols is 2. The van der Waals surface area contributed by atoms with Gasteiger partial charge in [-0.25, -0.2) is 4.98 Å². The zero-order chi connectivity index (χ0) is 30.2. The third kappa shape index (κ3) is 5.69. The van der Waals surface area contributed by atoms with Gasteiger partial charge in [0.25, 0.3) is 5.91 Å². The zero-order valence-electron chi connectivity index (χ0n) is 22.7. The highest BCUT2D eigenvalue weighted by atomic mass is 16.3. The van der Waals surface area contributed by atoms with E-state index < -0.39 is 29.4 Å². The molecule has 0 unspecified atom stereocenters. The summed E-state index contributed by atoms with van der Waals surface area (Å²) in [5, 5.41) is 51.7. The van der Waals surface area contributed by atoms with E-state index in [1.165, 1.54) is 13.0 Å². The molecule has 2 amide bonds. The third-order valence-corrected chi connectivity index (χ3v) is 7.04. The van der Waals surface area contributed by atoms with Gasteiger partial charge in [-0.15, -0.1) is 0 Å². The van der Waals surface area contributed by atoms with E-state index in [0.29, 0.717) is 27.7 Å². The maximum absolute atomic E-state index is 12.4. The molecule has 0 bridgehead atoms. The van der Waals surface area contributed by atoms with Gasteiger partial charge in [0.1, 0.15) is 23.2 Å². The van der Waals surface area contributed by atoms with Crippen LogP contribution < -0.4 is 16.8 Å². The fraction of sp³-hybridized carbons (Fsp3) is 0.241. The minimum Gasteiger partial charge on any atom is -0.507 e. The molecule has 0 saturated heterocycles. The summed E-state index contributed by atoms with van der Waals surface area (Å²) >= 11 is 0. The molecule has 0 aliphatic rings. The number of nitrogens with zero attached hydrogens (tertiary/aromatic N) is 1. The Balaban J connectivity index is 1.86. The number of aliphatic hydroxyl groups is 2. The summed E-state index contributed by atoms with van der Waals surface area (Å²) in [5.41, 5.74) is 13.3. The van der Waals surface area contributed by atoms with Crippen LogP contribution in [0.5, 0.6) is 11.5 Å². The fourth-order valence-corrected chi connectivity index (χ4v) is 4.25. The molecule has 0 spiro atoms. The van der Waals surface area contributed by atoms with Crippen LogP contribution in [0.25, 0.3) is 33.5 Å². The average Bonchev–Trinajstić information content (AvgIpc) is 3.35. The van der Waals surface area contributed by atoms with E-state index in [1.54, 1.807) is 56.3 Å². The first-order valence-corrected chi connectivity index (χ1v) is 12.7. The van der Waals surface area contributed by atoms with Gasteiger partial charge >= 0.3 is 0 Å². The number of imidazole rings is 1. The van der Waals surface area contributed by atoms with Crippen LogP contribution in [-0.2, 0) is 21.5 Å². The van der Waals surface area contributed by atoms with Gasteiger partial charge in [-0.05, 0) is 74.4 Å². The number of amides is 2. The number of rotatable bonds is 9. The Morgan fingerprint density at radius 1 is 1.02 bits per heavy atom. The Morgan fingerprint density at radius 3 is 2.34 bits per heavy atom. The number of hydrogen-bond acceptors (Lipinski definition) is 8. The van der Waals surface area contributed by atoms with Gasteiger partial charge in [0.2, 0.25) is 5.91 Å². The van der Waals surface area contributed by atoms with Gasteiger partial charge in [0.15, 0.2) is 6.10 Å². The van der Waals surface area contributed by atoms with E-state index >= 15 is 0 Å². The van der Waals surface area contributed by atoms with E-state index in [0.717, 1.165) is 0 Å². The largest absolute Gasteiger partial charge is 0.507 e. The van der Waals surface area contributed by atoms with E-state index in [-0.39, 0.29) is 46.4 Å². The minimum absolute atomic E-state index is 0.0436. The number of benzene rings is 3. The second-order valence-electron chi connectivity index (χ2n) is 10.4. The van der Waals surface area contributed by atoms with Crippen molar-refractivity contribution in [1.29, 1.82) is 5.41 Å². The summed E-state index contributed by atoms with van der Waals surface area (Å²) in [5.74, 6) is -1.69. The Hall–Kier alpha value is -4.94. The molecule has 4 aromatic rings. The van der Waals surface area contributed by atoms with Crippen LogP contribution in [0, 0.1) is 5.41 Å². The van der Waals surface area contributed by atoms with Crippen molar-refractivity contribution in [2.45, 2.75) is 44.9 Å². The Kier molecular flexibility index (Phi) is 7.73. The van der Waals surface area contributed by atoms with E-state index in [9.17, 15) is 30.0 Å². The highest BCUT2D eigenvalue weighted by Crippen LogP contribution is 2.44. The molecule has 0 fully saturated rings. The molecular formula is C29H32N6O6. The molecule has 2 atom stereocenters. The number of aliphatic hydroxyl groups excluding tert-OH is 2. The molecule has 12 nitrogen and oxygen atoms in total. The summed E-state index contributed by atoms with van der Waals surface area (Å²) in [6.07, 6.45) is -2.87. The number of aromatic amines is 1. The normalized spacial score (nSPS) is 13.1. The van der Waals surface area contributed by atoms with E-state index in [4.69, 9.17) is 16.9 Å². The summed E-state index contributed by atoms with van der Waals surface area (Å²) < 4.78 is 0. The molecule has 0 aliphatic heterocycles. The number of nitrogen functional groups attached to an aromatic ring is 1. The number of carbonyl (C=O) groups is 2. The number of nitrogens with one attached hydrogen (secondary N) is 3. The topological polar surface area (TPSA) is 232 Å². The van der Waals surface area contributed by atoms with Crippen molar-refractivity contribution in [3.63, 3.8) is 0 Å². The summed E-state index contributed by atoms with van der Waals surface area (Å²) in [6.45, 7) is 4.50. The number of hydrogen-bond donors (Lipinski definition) is 9. The van der Waals surface area contributed by atoms with Crippen molar-refractivity contribution in [3.8, 4) is 34.0 Å². The fourth-order valence-electron chi connectivity index (χ4n) is 4.25. The number of fused-ring (bicyclic) bond motifs is 1. The number of aromatic hydroxyl groups is 2. The molecular weight excluding hydrogens is 528 g/mol. The predicted molar refractivity (Wildman–Crippen MR) is 153 cm³/mol. The van der Waals surface area contributed by atoms with Crippen molar-refractivity contribution in [1.82, 2.24) is 15.3 Å². The van der Waals surface area contributed by atoms with Gasteiger partial charge < -0.3 is 42.2 Å². The molecule has 0 radical (unpaired) electrons. The van der Waals surface area contributed by atoms with Crippen molar-refractivity contribution in [3.05, 3.63) is 65.2 Å². The van der Waals surface area contributed by atoms with Crippen molar-refractivity contribution >= 4 is 28.7 Å². The predicted octanol–water partition coefficient (Wildman–Crippen LogP) is 1.71. The Bertz CT molecular complexity index is 1680. The van der Waals surface area contributed by atoms with Gasteiger partial charge in [-0.1, -0.05) is 6.07 Å². The molecule has 214 valence electrons. The molecule has 4 rings (SSSR count). The quantitative estimate of drug-likeness (QED) is 0.108. The molecule has 11 N–H and O–H groups in total. The highest BCUT2D eigenvalue weighted by Gasteiger charge is 2.31. The molecule has 1 heterocycles. The number of carbonyl (C=O) groups excluding carboxylic acids is 2. The first-order valence-electron chi connectivity index (χ1n) is 12.7. The molecule has 3 aromatic carbocycles. The lowest BCUT2D eigenvalue weighted by atomic mass is 9.81. The van der Waals surface area contributed by atoms with Crippen LogP contribution in [0.3, 0.4) is 0 Å². The van der Waals surface area contributed by atoms with Crippen LogP contribution in [0.2, 0.25) is 0 Å². The van der Waals surface area contributed by atoms with E-state index in [1.807, 2.05) is 0 Å². The average molecular weight is 561 g/mol. The number of amidine groups is 1. The minimum atomic E-state index is -1.61. The van der Waals surface area contributed by atoms with Crippen molar-refractivity contribution < 1.29 is 30.0 Å². The molecule has 0 saturated carbocycles. The van der Waals surface area contributed by atoms with Crippen LogP contribution in [0.15, 0.2) is 48.5 Å². The standard InChI is InChI=1S/C29H32N6O6/c1-13(36)23(38)27(40)33-12-14-4-7-22(37)17(8-14)18-10-16(29(2,3)28(32)41)11-19(24(18)39)26-34-20-6-5-15(25(30)31)9-21(20)35-26/h4-11,13,23,36-39H,12H2,1-3H3,(H3,30,31)(H2,32,41)(H,33,40)(H,34,35)/t13-,23-/m0/s1. The lowest BCUT2D eigenvalue weighted by Gasteiger charge is -2.24. The van der Waals surface area contributed by atoms with Crippen LogP contribution in [0.4, 0.5) is 0 Å². The SMILES string of the molecule is C[C@H](O)[C@H](O)C(=O)NCc1ccc(O)c(-c2cc(C(C)(C)C(N)=O)cc(-c3nc4ccc(C(=N)N)cc4[nH]3)c2O)c1. The maximum Gasteiger partial charge on any atom is 0.251 e. The zero-order valence-corrected chi connectivity index (χ0v) is 22.7. The molecule has 0 aliphatic carbocycles. The first-order chi connectivity index (χ1) is 19.2. The third-order valence-electron chi connectivity index (χ3n) is 7.04. The lowest BCUT2D eigenvalue weighted by molar-refractivity contribution is -0.134.